The molecule has 1 aromatic rings. The van der Waals surface area contributed by atoms with E-state index in [9.17, 15) is 9.90 Å². The first kappa shape index (κ1) is 19.4. The summed E-state index contributed by atoms with van der Waals surface area (Å²) in [6, 6.07) is 0. The maximum atomic E-state index is 13.0. The topological polar surface area (TPSA) is 98.9 Å². The number of carbonyl (C=O) groups excluding carboxylic acids is 1. The van der Waals surface area contributed by atoms with Gasteiger partial charge in [-0.25, -0.2) is 4.98 Å². The molecule has 0 saturated carbocycles. The van der Waals surface area contributed by atoms with Gasteiger partial charge in [-0.1, -0.05) is 0 Å². The quantitative estimate of drug-likeness (QED) is 0.751. The van der Waals surface area contributed by atoms with Gasteiger partial charge in [0.15, 0.2) is 0 Å². The molecular weight excluding hydrogens is 324 g/mol. The minimum absolute atomic E-state index is 0.0461. The highest BCUT2D eigenvalue weighted by Crippen LogP contribution is 2.39. The largest absolute Gasteiger partial charge is 0.483 e. The SMILES string of the molecule is CCn1cncc1CN1CCCC12CCCN(CCO)C2=O.O=CO. The Morgan fingerprint density at radius 3 is 2.64 bits per heavy atom. The van der Waals surface area contributed by atoms with Gasteiger partial charge in [0.1, 0.15) is 5.54 Å². The van der Waals surface area contributed by atoms with Gasteiger partial charge in [-0.2, -0.15) is 0 Å². The Bertz CT molecular complexity index is 575. The summed E-state index contributed by atoms with van der Waals surface area (Å²) in [5.74, 6) is 0.216. The number of aliphatic hydroxyl groups excluding tert-OH is 1. The van der Waals surface area contributed by atoms with Gasteiger partial charge in [0, 0.05) is 32.4 Å². The lowest BCUT2D eigenvalue weighted by Crippen LogP contribution is -2.60. The molecule has 3 rings (SSSR count). The Labute approximate surface area is 148 Å². The van der Waals surface area contributed by atoms with Crippen LogP contribution in [0.25, 0.3) is 0 Å². The van der Waals surface area contributed by atoms with Crippen molar-refractivity contribution >= 4 is 12.4 Å². The number of carboxylic acid groups (broad SMARTS) is 1. The summed E-state index contributed by atoms with van der Waals surface area (Å²) in [4.78, 5) is 29.8. The van der Waals surface area contributed by atoms with Crippen LogP contribution in [0.4, 0.5) is 0 Å². The predicted octanol–water partition coefficient (Wildman–Crippen LogP) is 0.553. The molecule has 8 heteroatoms. The number of aliphatic hydroxyl groups is 1. The molecule has 0 aromatic carbocycles. The van der Waals surface area contributed by atoms with E-state index in [4.69, 9.17) is 9.90 Å². The van der Waals surface area contributed by atoms with E-state index in [1.807, 2.05) is 17.4 Å². The van der Waals surface area contributed by atoms with Gasteiger partial charge in [0.05, 0.1) is 18.6 Å². The third-order valence-electron chi connectivity index (χ3n) is 5.19. The third kappa shape index (κ3) is 4.01. The molecule has 2 N–H and O–H groups in total. The predicted molar refractivity (Wildman–Crippen MR) is 91.9 cm³/mol. The minimum atomic E-state index is -0.351. The van der Waals surface area contributed by atoms with Crippen molar-refractivity contribution < 1.29 is 19.8 Å². The molecule has 0 radical (unpaired) electrons. The molecule has 1 aromatic heterocycles. The number of imidazole rings is 1. The molecule has 25 heavy (non-hydrogen) atoms. The van der Waals surface area contributed by atoms with E-state index in [-0.39, 0.29) is 24.5 Å². The summed E-state index contributed by atoms with van der Waals surface area (Å²) < 4.78 is 2.14. The van der Waals surface area contributed by atoms with Crippen LogP contribution in [0.15, 0.2) is 12.5 Å². The lowest BCUT2D eigenvalue weighted by Gasteiger charge is -2.44. The lowest BCUT2D eigenvalue weighted by molar-refractivity contribution is -0.148. The van der Waals surface area contributed by atoms with Crippen molar-refractivity contribution in [2.75, 3.05) is 26.2 Å². The average Bonchev–Trinajstić information content (AvgIpc) is 3.21. The highest BCUT2D eigenvalue weighted by molar-refractivity contribution is 5.87. The number of likely N-dealkylation sites (tertiary alicyclic amines) is 2. The highest BCUT2D eigenvalue weighted by Gasteiger charge is 2.50. The van der Waals surface area contributed by atoms with Crippen LogP contribution >= 0.6 is 0 Å². The zero-order valence-corrected chi connectivity index (χ0v) is 14.8. The number of hydrogen-bond donors (Lipinski definition) is 2. The summed E-state index contributed by atoms with van der Waals surface area (Å²) in [5, 5.41) is 16.1. The van der Waals surface area contributed by atoms with Gasteiger partial charge < -0.3 is 19.7 Å². The van der Waals surface area contributed by atoms with Crippen LogP contribution < -0.4 is 0 Å². The molecule has 1 atom stereocenters. The summed E-state index contributed by atoms with van der Waals surface area (Å²) >= 11 is 0. The zero-order chi connectivity index (χ0) is 18.3. The first-order chi connectivity index (χ1) is 12.1. The number of aryl methyl sites for hydroxylation is 1. The Balaban J connectivity index is 0.000000701. The van der Waals surface area contributed by atoms with Crippen molar-refractivity contribution in [1.82, 2.24) is 19.4 Å². The second-order valence-electron chi connectivity index (χ2n) is 6.45. The van der Waals surface area contributed by atoms with E-state index in [0.717, 1.165) is 51.9 Å². The second-order valence-corrected chi connectivity index (χ2v) is 6.45. The smallest absolute Gasteiger partial charge is 0.290 e. The van der Waals surface area contributed by atoms with Gasteiger partial charge in [0.25, 0.3) is 6.47 Å². The minimum Gasteiger partial charge on any atom is -0.483 e. The number of amides is 1. The normalized spacial score (nSPS) is 23.6. The number of carbonyl (C=O) groups is 2. The Hall–Kier alpha value is -1.93. The van der Waals surface area contributed by atoms with Crippen LogP contribution in [-0.4, -0.2) is 73.7 Å². The van der Waals surface area contributed by atoms with Crippen LogP contribution in [0.3, 0.4) is 0 Å². The molecular formula is C17H28N4O4. The van der Waals surface area contributed by atoms with Gasteiger partial charge in [-0.15, -0.1) is 0 Å². The van der Waals surface area contributed by atoms with Crippen LogP contribution in [-0.2, 0) is 22.7 Å². The van der Waals surface area contributed by atoms with Crippen molar-refractivity contribution in [2.24, 2.45) is 0 Å². The van der Waals surface area contributed by atoms with E-state index in [1.165, 1.54) is 5.69 Å². The Kier molecular flexibility index (Phi) is 6.95. The molecule has 2 fully saturated rings. The molecule has 2 saturated heterocycles. The van der Waals surface area contributed by atoms with Crippen molar-refractivity contribution in [2.45, 2.75) is 51.2 Å². The number of nitrogens with zero attached hydrogens (tertiary/aromatic N) is 4. The van der Waals surface area contributed by atoms with Crippen LogP contribution in [0.2, 0.25) is 0 Å². The van der Waals surface area contributed by atoms with Gasteiger partial charge in [-0.3, -0.25) is 14.5 Å². The number of β-amino-alcohol motifs (C(OH)–C–C–N with tert-alkyl or cyclic N) is 1. The Morgan fingerprint density at radius 2 is 2.00 bits per heavy atom. The monoisotopic (exact) mass is 352 g/mol. The number of rotatable bonds is 5. The molecule has 2 aliphatic heterocycles. The third-order valence-corrected chi connectivity index (χ3v) is 5.19. The van der Waals surface area contributed by atoms with Crippen molar-refractivity contribution in [3.05, 3.63) is 18.2 Å². The van der Waals surface area contributed by atoms with Crippen molar-refractivity contribution in [1.29, 1.82) is 0 Å². The van der Waals surface area contributed by atoms with E-state index < -0.39 is 0 Å². The van der Waals surface area contributed by atoms with E-state index in [1.54, 1.807) is 0 Å². The van der Waals surface area contributed by atoms with E-state index in [0.29, 0.717) is 6.54 Å². The molecule has 0 aliphatic carbocycles. The molecule has 140 valence electrons. The molecule has 8 nitrogen and oxygen atoms in total. The first-order valence-electron chi connectivity index (χ1n) is 8.85. The van der Waals surface area contributed by atoms with Crippen LogP contribution in [0, 0.1) is 0 Å². The summed E-state index contributed by atoms with van der Waals surface area (Å²) in [5.41, 5.74) is 0.826. The van der Waals surface area contributed by atoms with Crippen molar-refractivity contribution in [3.8, 4) is 0 Å². The van der Waals surface area contributed by atoms with Gasteiger partial charge >= 0.3 is 0 Å². The zero-order valence-electron chi connectivity index (χ0n) is 14.8. The van der Waals surface area contributed by atoms with Crippen LogP contribution in [0.5, 0.6) is 0 Å². The molecule has 2 aliphatic rings. The Morgan fingerprint density at radius 1 is 1.32 bits per heavy atom. The molecule has 3 heterocycles. The fourth-order valence-electron chi connectivity index (χ4n) is 4.05. The number of aromatic nitrogens is 2. The average molecular weight is 352 g/mol. The highest BCUT2D eigenvalue weighted by atomic mass is 16.3. The number of piperidine rings is 1. The lowest BCUT2D eigenvalue weighted by atomic mass is 9.85. The second kappa shape index (κ2) is 8.96. The fourth-order valence-corrected chi connectivity index (χ4v) is 4.05. The molecule has 0 bridgehead atoms. The van der Waals surface area contributed by atoms with Gasteiger partial charge in [0.2, 0.25) is 5.91 Å². The summed E-state index contributed by atoms with van der Waals surface area (Å²) in [7, 11) is 0. The summed E-state index contributed by atoms with van der Waals surface area (Å²) in [6.45, 7) is 5.80. The maximum absolute atomic E-state index is 13.0. The maximum Gasteiger partial charge on any atom is 0.290 e. The van der Waals surface area contributed by atoms with Crippen molar-refractivity contribution in [3.63, 3.8) is 0 Å². The molecule has 1 unspecified atom stereocenters. The van der Waals surface area contributed by atoms with Gasteiger partial charge in [-0.05, 0) is 39.2 Å². The van der Waals surface area contributed by atoms with E-state index in [2.05, 4.69) is 21.4 Å². The molecule has 1 amide bonds. The number of hydrogen-bond acceptors (Lipinski definition) is 5. The molecule has 1 spiro atoms. The fraction of sp³-hybridized carbons (Fsp3) is 0.706. The van der Waals surface area contributed by atoms with Crippen LogP contribution in [0.1, 0.15) is 38.3 Å². The first-order valence-corrected chi connectivity index (χ1v) is 8.85. The standard InChI is InChI=1S/C16H26N4O2.CH2O2/c1-2-18-13-17-11-14(18)12-20-8-4-6-16(20)5-3-7-19(9-10-21)15(16)22;2-1-3/h11,13,21H,2-10,12H2,1H3;1H,(H,2,3). The summed E-state index contributed by atoms with van der Waals surface area (Å²) in [6.07, 6.45) is 7.74. The van der Waals surface area contributed by atoms with E-state index >= 15 is 0 Å².